The molecule has 1 N–H and O–H groups in total. The summed E-state index contributed by atoms with van der Waals surface area (Å²) in [5, 5.41) is 11.2. The zero-order chi connectivity index (χ0) is 18.8. The molecule has 140 valence electrons. The molecule has 0 saturated carbocycles. The number of hydrogen-bond donors (Lipinski definition) is 1. The Hall–Kier alpha value is -3.00. The van der Waals surface area contributed by atoms with Gasteiger partial charge in [0.25, 0.3) is 5.91 Å². The second-order valence-corrected chi connectivity index (χ2v) is 6.76. The third kappa shape index (κ3) is 3.90. The highest BCUT2D eigenvalue weighted by molar-refractivity contribution is 5.93. The van der Waals surface area contributed by atoms with Crippen LogP contribution < -0.4 is 0 Å². The monoisotopic (exact) mass is 368 g/mol. The molecule has 0 unspecified atom stereocenters. The molecule has 3 aromatic rings. The van der Waals surface area contributed by atoms with Crippen molar-refractivity contribution in [3.8, 4) is 11.3 Å². The van der Waals surface area contributed by atoms with E-state index in [0.717, 1.165) is 25.2 Å². The van der Waals surface area contributed by atoms with Crippen molar-refractivity contribution >= 4 is 5.91 Å². The summed E-state index contributed by atoms with van der Waals surface area (Å²) in [7, 11) is 1.91. The van der Waals surface area contributed by atoms with Crippen LogP contribution in [0.2, 0.25) is 0 Å². The number of nitrogens with one attached hydrogen (secondary N) is 1. The van der Waals surface area contributed by atoms with Gasteiger partial charge in [0, 0.05) is 57.1 Å². The number of carbonyl (C=O) groups is 1. The van der Waals surface area contributed by atoms with Crippen LogP contribution in [0, 0.1) is 5.82 Å². The highest BCUT2D eigenvalue weighted by Crippen LogP contribution is 2.19. The van der Waals surface area contributed by atoms with Gasteiger partial charge in [0.1, 0.15) is 11.5 Å². The fourth-order valence-electron chi connectivity index (χ4n) is 3.29. The highest BCUT2D eigenvalue weighted by atomic mass is 19.1. The first kappa shape index (κ1) is 17.4. The fraction of sp³-hybridized carbons (Fsp3) is 0.316. The van der Waals surface area contributed by atoms with Gasteiger partial charge in [-0.25, -0.2) is 4.39 Å². The number of rotatable bonds is 4. The normalized spacial score (nSPS) is 15.3. The maximum absolute atomic E-state index is 13.1. The van der Waals surface area contributed by atoms with Crippen molar-refractivity contribution in [3.05, 3.63) is 59.8 Å². The first-order valence-corrected chi connectivity index (χ1v) is 8.89. The van der Waals surface area contributed by atoms with Crippen molar-refractivity contribution in [3.63, 3.8) is 0 Å². The molecule has 1 aromatic carbocycles. The van der Waals surface area contributed by atoms with Gasteiger partial charge in [-0.05, 0) is 30.3 Å². The average Bonchev–Trinajstić information content (AvgIpc) is 3.32. The Balaban J connectivity index is 1.36. The summed E-state index contributed by atoms with van der Waals surface area (Å²) in [4.78, 5) is 16.9. The van der Waals surface area contributed by atoms with Crippen molar-refractivity contribution in [2.75, 3.05) is 26.2 Å². The number of aromatic amines is 1. The molecule has 3 heterocycles. The van der Waals surface area contributed by atoms with E-state index >= 15 is 0 Å². The van der Waals surface area contributed by atoms with E-state index < -0.39 is 0 Å². The second kappa shape index (κ2) is 7.32. The van der Waals surface area contributed by atoms with E-state index in [2.05, 4.69) is 20.2 Å². The van der Waals surface area contributed by atoms with Crippen LogP contribution in [0.15, 0.2) is 42.7 Å². The molecule has 27 heavy (non-hydrogen) atoms. The lowest BCUT2D eigenvalue weighted by Gasteiger charge is -2.34. The number of benzene rings is 1. The summed E-state index contributed by atoms with van der Waals surface area (Å²) >= 11 is 0. The quantitative estimate of drug-likeness (QED) is 0.764. The number of halogens is 1. The molecule has 1 saturated heterocycles. The molecular formula is C19H21FN6O. The molecule has 4 rings (SSSR count). The summed E-state index contributed by atoms with van der Waals surface area (Å²) in [6.45, 7) is 3.82. The molecule has 1 aliphatic heterocycles. The second-order valence-electron chi connectivity index (χ2n) is 6.76. The third-order valence-corrected chi connectivity index (χ3v) is 4.77. The summed E-state index contributed by atoms with van der Waals surface area (Å²) < 4.78 is 14.8. The number of aryl methyl sites for hydroxylation is 1. The van der Waals surface area contributed by atoms with E-state index in [-0.39, 0.29) is 11.7 Å². The van der Waals surface area contributed by atoms with Crippen molar-refractivity contribution in [2.45, 2.75) is 6.54 Å². The molecule has 0 atom stereocenters. The SMILES string of the molecule is Cn1cc(CN2CCN(C(=O)c3cc(-c4ccc(F)cc4)n[nH]3)CC2)cn1. The first-order valence-electron chi connectivity index (χ1n) is 8.89. The molecule has 0 aliphatic carbocycles. The van der Waals surface area contributed by atoms with Gasteiger partial charge in [0.2, 0.25) is 0 Å². The molecule has 7 nitrogen and oxygen atoms in total. The van der Waals surface area contributed by atoms with Crippen LogP contribution in [0.1, 0.15) is 16.1 Å². The summed E-state index contributed by atoms with van der Waals surface area (Å²) in [5.41, 5.74) is 3.03. The highest BCUT2D eigenvalue weighted by Gasteiger charge is 2.24. The number of aromatic nitrogens is 4. The Morgan fingerprint density at radius 1 is 1.19 bits per heavy atom. The molecule has 0 bridgehead atoms. The van der Waals surface area contributed by atoms with E-state index in [1.54, 1.807) is 22.9 Å². The van der Waals surface area contributed by atoms with Crippen molar-refractivity contribution in [1.29, 1.82) is 0 Å². The molecule has 1 fully saturated rings. The van der Waals surface area contributed by atoms with Crippen LogP contribution in [0.4, 0.5) is 4.39 Å². The van der Waals surface area contributed by atoms with E-state index in [1.807, 2.05) is 24.3 Å². The number of carbonyl (C=O) groups excluding carboxylic acids is 1. The zero-order valence-corrected chi connectivity index (χ0v) is 15.1. The van der Waals surface area contributed by atoms with Crippen LogP contribution in [0.3, 0.4) is 0 Å². The number of amides is 1. The molecule has 2 aromatic heterocycles. The maximum Gasteiger partial charge on any atom is 0.271 e. The average molecular weight is 368 g/mol. The molecule has 8 heteroatoms. The lowest BCUT2D eigenvalue weighted by atomic mass is 10.1. The Labute approximate surface area is 156 Å². The van der Waals surface area contributed by atoms with Crippen LogP contribution in [0.25, 0.3) is 11.3 Å². The number of piperazine rings is 1. The minimum atomic E-state index is -0.297. The number of hydrogen-bond acceptors (Lipinski definition) is 4. The minimum Gasteiger partial charge on any atom is -0.335 e. The molecule has 0 radical (unpaired) electrons. The molecule has 1 aliphatic rings. The van der Waals surface area contributed by atoms with Gasteiger partial charge in [-0.3, -0.25) is 19.5 Å². The van der Waals surface area contributed by atoms with Gasteiger partial charge in [-0.2, -0.15) is 10.2 Å². The summed E-state index contributed by atoms with van der Waals surface area (Å²) in [6.07, 6.45) is 3.89. The predicted octanol–water partition coefficient (Wildman–Crippen LogP) is 1.91. The predicted molar refractivity (Wildman–Crippen MR) is 98.4 cm³/mol. The van der Waals surface area contributed by atoms with Crippen molar-refractivity contribution < 1.29 is 9.18 Å². The Bertz CT molecular complexity index is 924. The molecule has 0 spiro atoms. The van der Waals surface area contributed by atoms with Crippen LogP contribution in [-0.4, -0.2) is 61.9 Å². The summed E-state index contributed by atoms with van der Waals surface area (Å²) in [5.74, 6) is -0.355. The molecule has 1 amide bonds. The van der Waals surface area contributed by atoms with Crippen LogP contribution in [-0.2, 0) is 13.6 Å². The van der Waals surface area contributed by atoms with E-state index in [4.69, 9.17) is 0 Å². The van der Waals surface area contributed by atoms with Crippen LogP contribution >= 0.6 is 0 Å². The van der Waals surface area contributed by atoms with Crippen molar-refractivity contribution in [1.82, 2.24) is 29.8 Å². The third-order valence-electron chi connectivity index (χ3n) is 4.77. The fourth-order valence-corrected chi connectivity index (χ4v) is 3.29. The van der Waals surface area contributed by atoms with Gasteiger partial charge >= 0.3 is 0 Å². The smallest absolute Gasteiger partial charge is 0.271 e. The van der Waals surface area contributed by atoms with Gasteiger partial charge < -0.3 is 4.90 Å². The Kier molecular flexibility index (Phi) is 4.72. The maximum atomic E-state index is 13.1. The van der Waals surface area contributed by atoms with E-state index in [9.17, 15) is 9.18 Å². The minimum absolute atomic E-state index is 0.0584. The van der Waals surface area contributed by atoms with E-state index in [0.29, 0.717) is 24.5 Å². The van der Waals surface area contributed by atoms with Crippen molar-refractivity contribution in [2.24, 2.45) is 7.05 Å². The Morgan fingerprint density at radius 3 is 2.59 bits per heavy atom. The lowest BCUT2D eigenvalue weighted by Crippen LogP contribution is -2.48. The van der Waals surface area contributed by atoms with Crippen LogP contribution in [0.5, 0.6) is 0 Å². The topological polar surface area (TPSA) is 70.1 Å². The van der Waals surface area contributed by atoms with Gasteiger partial charge in [0.15, 0.2) is 0 Å². The molecular weight excluding hydrogens is 347 g/mol. The first-order chi connectivity index (χ1) is 13.1. The van der Waals surface area contributed by atoms with Gasteiger partial charge in [0.05, 0.1) is 11.9 Å². The largest absolute Gasteiger partial charge is 0.335 e. The van der Waals surface area contributed by atoms with Gasteiger partial charge in [-0.1, -0.05) is 0 Å². The van der Waals surface area contributed by atoms with E-state index in [1.165, 1.54) is 17.7 Å². The number of nitrogens with zero attached hydrogens (tertiary/aromatic N) is 5. The number of H-pyrrole nitrogens is 1. The summed E-state index contributed by atoms with van der Waals surface area (Å²) in [6, 6.07) is 7.78. The Morgan fingerprint density at radius 2 is 1.93 bits per heavy atom. The lowest BCUT2D eigenvalue weighted by molar-refractivity contribution is 0.0622. The van der Waals surface area contributed by atoms with Gasteiger partial charge in [-0.15, -0.1) is 0 Å². The standard InChI is InChI=1S/C19H21FN6O/c1-24-12-14(11-21-24)13-25-6-8-26(9-7-25)19(27)18-10-17(22-23-18)15-2-4-16(20)5-3-15/h2-5,10-12H,6-9,13H2,1H3,(H,22,23). The zero-order valence-electron chi connectivity index (χ0n) is 15.1.